The molecule has 13 heteroatoms. The number of nitrogens with zero attached hydrogens (tertiary/aromatic N) is 3. The number of hydrogen-bond donors (Lipinski definition) is 2. The summed E-state index contributed by atoms with van der Waals surface area (Å²) in [6.45, 7) is 6.75. The molecule has 0 fully saturated rings. The normalized spacial score (nSPS) is 10.9. The van der Waals surface area contributed by atoms with Crippen LogP contribution in [0.5, 0.6) is 0 Å². The van der Waals surface area contributed by atoms with Crippen molar-refractivity contribution in [3.05, 3.63) is 93.2 Å². The molecule has 1 amide bonds. The molecule has 0 aliphatic rings. The van der Waals surface area contributed by atoms with Gasteiger partial charge in [0.05, 0.1) is 17.2 Å². The fourth-order valence-electron chi connectivity index (χ4n) is 3.74. The van der Waals surface area contributed by atoms with Crippen LogP contribution in [0.4, 0.5) is 18.9 Å². The number of nitro groups is 1. The van der Waals surface area contributed by atoms with Crippen LogP contribution >= 0.6 is 0 Å². The summed E-state index contributed by atoms with van der Waals surface area (Å²) >= 11 is 0. The van der Waals surface area contributed by atoms with Crippen molar-refractivity contribution in [2.24, 2.45) is 0 Å². The van der Waals surface area contributed by atoms with Crippen molar-refractivity contribution in [1.82, 2.24) is 15.2 Å². The predicted octanol–water partition coefficient (Wildman–Crippen LogP) is 5.39. The lowest BCUT2D eigenvalue weighted by Crippen LogP contribution is -2.33. The first-order chi connectivity index (χ1) is 19.9. The molecule has 0 aliphatic heterocycles. The SMILES string of the molecule is CCCNCc1ccc(-c2ccc(CN(CCOC)C(=O)c3ccc([N+](=O)[O-])c(C)c3)cc2)nc1.O=C(O)C(F)(F)F. The van der Waals surface area contributed by atoms with Gasteiger partial charge < -0.3 is 20.1 Å². The minimum Gasteiger partial charge on any atom is -0.475 e. The molecule has 3 rings (SSSR count). The number of pyridine rings is 1. The second-order valence-corrected chi connectivity index (χ2v) is 9.21. The summed E-state index contributed by atoms with van der Waals surface area (Å²) in [6, 6.07) is 16.5. The smallest absolute Gasteiger partial charge is 0.475 e. The van der Waals surface area contributed by atoms with Crippen LogP contribution < -0.4 is 5.32 Å². The topological polar surface area (TPSA) is 135 Å². The Kier molecular flexibility index (Phi) is 13.0. The fraction of sp³-hybridized carbons (Fsp3) is 0.345. The number of aryl methyl sites for hydroxylation is 1. The van der Waals surface area contributed by atoms with E-state index in [0.29, 0.717) is 30.8 Å². The van der Waals surface area contributed by atoms with Gasteiger partial charge in [-0.2, -0.15) is 13.2 Å². The molecular formula is C29H33F3N4O6. The number of benzene rings is 2. The molecule has 1 aromatic heterocycles. The lowest BCUT2D eigenvalue weighted by atomic mass is 10.1. The third kappa shape index (κ3) is 10.6. The quantitative estimate of drug-likeness (QED) is 0.163. The minimum absolute atomic E-state index is 0.000514. The zero-order valence-electron chi connectivity index (χ0n) is 23.5. The summed E-state index contributed by atoms with van der Waals surface area (Å²) in [5.74, 6) is -2.95. The summed E-state index contributed by atoms with van der Waals surface area (Å²) in [5.41, 5.74) is 4.88. The molecule has 42 heavy (non-hydrogen) atoms. The van der Waals surface area contributed by atoms with Crippen LogP contribution in [0.3, 0.4) is 0 Å². The number of nitrogens with one attached hydrogen (secondary N) is 1. The number of ether oxygens (including phenoxy) is 1. The van der Waals surface area contributed by atoms with Gasteiger partial charge in [-0.1, -0.05) is 37.3 Å². The number of carboxylic acid groups (broad SMARTS) is 1. The van der Waals surface area contributed by atoms with E-state index in [2.05, 4.69) is 23.3 Å². The van der Waals surface area contributed by atoms with Crippen LogP contribution in [0.15, 0.2) is 60.8 Å². The average molecular weight is 591 g/mol. The van der Waals surface area contributed by atoms with E-state index in [9.17, 15) is 28.1 Å². The first kappa shape index (κ1) is 33.8. The maximum Gasteiger partial charge on any atom is 0.490 e. The van der Waals surface area contributed by atoms with Crippen LogP contribution in [-0.2, 0) is 22.6 Å². The number of aliphatic carboxylic acids is 1. The predicted molar refractivity (Wildman–Crippen MR) is 150 cm³/mol. The lowest BCUT2D eigenvalue weighted by molar-refractivity contribution is -0.385. The van der Waals surface area contributed by atoms with Gasteiger partial charge in [0.1, 0.15) is 0 Å². The molecule has 0 aliphatic carbocycles. The Morgan fingerprint density at radius 2 is 1.74 bits per heavy atom. The number of aromatic nitrogens is 1. The fourth-order valence-corrected chi connectivity index (χ4v) is 3.74. The van der Waals surface area contributed by atoms with Gasteiger partial charge in [-0.05, 0) is 49.2 Å². The highest BCUT2D eigenvalue weighted by molar-refractivity contribution is 5.94. The summed E-state index contributed by atoms with van der Waals surface area (Å²) in [5, 5.41) is 21.6. The van der Waals surface area contributed by atoms with Crippen molar-refractivity contribution in [3.63, 3.8) is 0 Å². The van der Waals surface area contributed by atoms with Gasteiger partial charge in [-0.3, -0.25) is 19.9 Å². The highest BCUT2D eigenvalue weighted by Crippen LogP contribution is 2.22. The number of nitro benzene ring substituents is 1. The third-order valence-electron chi connectivity index (χ3n) is 5.94. The number of carbonyl (C=O) groups excluding carboxylic acids is 1. The first-order valence-electron chi connectivity index (χ1n) is 13.0. The zero-order valence-corrected chi connectivity index (χ0v) is 23.5. The lowest BCUT2D eigenvalue weighted by Gasteiger charge is -2.23. The van der Waals surface area contributed by atoms with E-state index in [1.165, 1.54) is 12.1 Å². The number of carbonyl (C=O) groups is 2. The van der Waals surface area contributed by atoms with E-state index >= 15 is 0 Å². The molecule has 0 saturated heterocycles. The molecule has 0 radical (unpaired) electrons. The molecule has 2 aromatic carbocycles. The van der Waals surface area contributed by atoms with E-state index in [4.69, 9.17) is 14.6 Å². The Bertz CT molecular complexity index is 1330. The molecule has 0 bridgehead atoms. The molecule has 0 atom stereocenters. The van der Waals surface area contributed by atoms with Crippen LogP contribution in [0.2, 0.25) is 0 Å². The molecule has 226 valence electrons. The molecule has 10 nitrogen and oxygen atoms in total. The number of carboxylic acids is 1. The number of halogens is 3. The summed E-state index contributed by atoms with van der Waals surface area (Å²) in [6.07, 6.45) is -2.09. The number of amides is 1. The third-order valence-corrected chi connectivity index (χ3v) is 5.94. The molecule has 0 saturated carbocycles. The van der Waals surface area contributed by atoms with Gasteiger partial charge in [0.25, 0.3) is 11.6 Å². The second-order valence-electron chi connectivity index (χ2n) is 9.21. The number of rotatable bonds is 12. The Morgan fingerprint density at radius 1 is 1.10 bits per heavy atom. The maximum atomic E-state index is 13.2. The first-order valence-corrected chi connectivity index (χ1v) is 13.0. The van der Waals surface area contributed by atoms with E-state index in [1.807, 2.05) is 36.5 Å². The summed E-state index contributed by atoms with van der Waals surface area (Å²) in [7, 11) is 1.59. The molecule has 2 N–H and O–H groups in total. The number of alkyl halides is 3. The second kappa shape index (κ2) is 16.2. The highest BCUT2D eigenvalue weighted by atomic mass is 19.4. The van der Waals surface area contributed by atoms with Crippen LogP contribution in [0.1, 0.15) is 40.4 Å². The highest BCUT2D eigenvalue weighted by Gasteiger charge is 2.38. The van der Waals surface area contributed by atoms with Crippen molar-refractivity contribution in [3.8, 4) is 11.3 Å². The van der Waals surface area contributed by atoms with E-state index in [1.54, 1.807) is 25.0 Å². The maximum absolute atomic E-state index is 13.2. The molecule has 3 aromatic rings. The minimum atomic E-state index is -5.08. The van der Waals surface area contributed by atoms with E-state index in [-0.39, 0.29) is 11.6 Å². The van der Waals surface area contributed by atoms with Gasteiger partial charge >= 0.3 is 12.1 Å². The number of methoxy groups -OCH3 is 1. The Hall–Kier alpha value is -4.36. The van der Waals surface area contributed by atoms with Crippen molar-refractivity contribution in [1.29, 1.82) is 0 Å². The molecular weight excluding hydrogens is 557 g/mol. The summed E-state index contributed by atoms with van der Waals surface area (Å²) in [4.78, 5) is 39.0. The van der Waals surface area contributed by atoms with E-state index < -0.39 is 17.1 Å². The van der Waals surface area contributed by atoms with Crippen LogP contribution in [0, 0.1) is 17.0 Å². The van der Waals surface area contributed by atoms with Gasteiger partial charge in [-0.15, -0.1) is 0 Å². The van der Waals surface area contributed by atoms with Crippen LogP contribution in [-0.4, -0.2) is 64.8 Å². The van der Waals surface area contributed by atoms with Crippen molar-refractivity contribution in [2.45, 2.75) is 39.5 Å². The van der Waals surface area contributed by atoms with Crippen LogP contribution in [0.25, 0.3) is 11.3 Å². The van der Waals surface area contributed by atoms with Gasteiger partial charge in [-0.25, -0.2) is 4.79 Å². The van der Waals surface area contributed by atoms with Gasteiger partial charge in [0.2, 0.25) is 0 Å². The standard InChI is InChI=1S/C27H32N4O4.C2HF3O2/c1-4-13-28-17-22-7-11-25(29-18-22)23-8-5-21(6-9-23)19-30(14-15-35-3)27(32)24-10-12-26(31(33)34)20(2)16-24;3-2(4,5)1(6)7/h5-12,16,18,28H,4,13-15,17,19H2,1-3H3;(H,6,7). The molecule has 0 spiro atoms. The van der Waals surface area contributed by atoms with Crippen molar-refractivity contribution >= 4 is 17.6 Å². The zero-order chi connectivity index (χ0) is 31.3. The largest absolute Gasteiger partial charge is 0.490 e. The van der Waals surface area contributed by atoms with Gasteiger partial charge in [0.15, 0.2) is 0 Å². The molecule has 1 heterocycles. The monoisotopic (exact) mass is 590 g/mol. The Morgan fingerprint density at radius 3 is 2.24 bits per heavy atom. The average Bonchev–Trinajstić information content (AvgIpc) is 2.95. The summed E-state index contributed by atoms with van der Waals surface area (Å²) < 4.78 is 36.9. The van der Waals surface area contributed by atoms with Gasteiger partial charge in [0, 0.05) is 55.7 Å². The molecule has 0 unspecified atom stereocenters. The Balaban J connectivity index is 0.000000782. The van der Waals surface area contributed by atoms with Crippen molar-refractivity contribution in [2.75, 3.05) is 26.8 Å². The van der Waals surface area contributed by atoms with Crippen molar-refractivity contribution < 1.29 is 37.5 Å². The van der Waals surface area contributed by atoms with E-state index in [0.717, 1.165) is 41.9 Å². The Labute approximate surface area is 241 Å². The number of hydrogen-bond acceptors (Lipinski definition) is 7.